The van der Waals surface area contributed by atoms with Crippen LogP contribution in [0, 0.1) is 0 Å². The van der Waals surface area contributed by atoms with Crippen molar-refractivity contribution in [2.75, 3.05) is 25.2 Å². The molecule has 0 atom stereocenters. The SMILES string of the molecule is COc1cnccc1-c1[nH]c2c(c1Nc1ccccc1)C(=O)CN(S(C)(=O)=O)C2. The Morgan fingerprint density at radius 2 is 1.93 bits per heavy atom. The third-order valence-corrected chi connectivity index (χ3v) is 5.99. The molecule has 4 rings (SSSR count). The van der Waals surface area contributed by atoms with Gasteiger partial charge in [0.25, 0.3) is 0 Å². The number of ketones is 1. The zero-order valence-corrected chi connectivity index (χ0v) is 16.8. The number of fused-ring (bicyclic) bond motifs is 1. The summed E-state index contributed by atoms with van der Waals surface area (Å²) in [5.41, 5.74) is 3.76. The van der Waals surface area contributed by atoms with Crippen molar-refractivity contribution in [3.8, 4) is 17.0 Å². The summed E-state index contributed by atoms with van der Waals surface area (Å²) in [6.07, 6.45) is 4.32. The fourth-order valence-corrected chi connectivity index (χ4v) is 4.14. The molecule has 0 amide bonds. The van der Waals surface area contributed by atoms with Crippen LogP contribution >= 0.6 is 0 Å². The number of aromatic nitrogens is 2. The quantitative estimate of drug-likeness (QED) is 0.668. The minimum absolute atomic E-state index is 0.0940. The maximum absolute atomic E-state index is 12.9. The number of methoxy groups -OCH3 is 1. The highest BCUT2D eigenvalue weighted by molar-refractivity contribution is 7.88. The van der Waals surface area contributed by atoms with Crippen LogP contribution in [-0.2, 0) is 16.6 Å². The van der Waals surface area contributed by atoms with Crippen molar-refractivity contribution in [2.45, 2.75) is 6.54 Å². The van der Waals surface area contributed by atoms with Crippen LogP contribution in [0.1, 0.15) is 16.1 Å². The third kappa shape index (κ3) is 3.62. The molecule has 150 valence electrons. The number of benzene rings is 1. The molecule has 0 fully saturated rings. The summed E-state index contributed by atoms with van der Waals surface area (Å²) in [6, 6.07) is 11.2. The van der Waals surface area contributed by atoms with E-state index in [4.69, 9.17) is 4.74 Å². The largest absolute Gasteiger partial charge is 0.494 e. The molecule has 29 heavy (non-hydrogen) atoms. The molecular weight excluding hydrogens is 392 g/mol. The summed E-state index contributed by atoms with van der Waals surface area (Å²) in [5.74, 6) is 0.264. The number of Topliss-reactive ketones (excluding diaryl/α,β-unsaturated/α-hetero) is 1. The molecule has 0 aliphatic carbocycles. The number of carbonyl (C=O) groups is 1. The Hall–Kier alpha value is -3.17. The van der Waals surface area contributed by atoms with E-state index in [1.165, 1.54) is 0 Å². The van der Waals surface area contributed by atoms with Gasteiger partial charge in [-0.15, -0.1) is 0 Å². The lowest BCUT2D eigenvalue weighted by molar-refractivity contribution is 0.0950. The molecule has 1 aliphatic rings. The Morgan fingerprint density at radius 3 is 2.62 bits per heavy atom. The van der Waals surface area contributed by atoms with Crippen molar-refractivity contribution in [2.24, 2.45) is 0 Å². The van der Waals surface area contributed by atoms with Crippen molar-refractivity contribution in [1.82, 2.24) is 14.3 Å². The number of aromatic amines is 1. The standard InChI is InChI=1S/C20H20N4O4S/c1-28-17-10-21-9-8-14(17)19-20(22-13-6-4-3-5-7-13)18-15(23-19)11-24(12-16(18)25)29(2,26)27/h3-10,22-23H,11-12H2,1-2H3. The van der Waals surface area contributed by atoms with E-state index in [2.05, 4.69) is 15.3 Å². The van der Waals surface area contributed by atoms with Gasteiger partial charge in [-0.1, -0.05) is 18.2 Å². The number of hydrogen-bond acceptors (Lipinski definition) is 6. The fourth-order valence-electron chi connectivity index (χ4n) is 3.43. The average molecular weight is 412 g/mol. The number of nitrogens with one attached hydrogen (secondary N) is 2. The zero-order valence-electron chi connectivity index (χ0n) is 16.0. The first-order chi connectivity index (χ1) is 13.9. The van der Waals surface area contributed by atoms with Gasteiger partial charge in [0.1, 0.15) is 5.75 Å². The second-order valence-electron chi connectivity index (χ2n) is 6.75. The molecule has 2 N–H and O–H groups in total. The lowest BCUT2D eigenvalue weighted by atomic mass is 10.0. The first-order valence-corrected chi connectivity index (χ1v) is 10.8. The van der Waals surface area contributed by atoms with Gasteiger partial charge >= 0.3 is 0 Å². The number of ether oxygens (including phenoxy) is 1. The smallest absolute Gasteiger partial charge is 0.211 e. The van der Waals surface area contributed by atoms with Crippen LogP contribution in [0.5, 0.6) is 5.75 Å². The van der Waals surface area contributed by atoms with Crippen LogP contribution in [0.25, 0.3) is 11.3 Å². The van der Waals surface area contributed by atoms with Crippen LogP contribution < -0.4 is 10.1 Å². The number of anilines is 2. The van der Waals surface area contributed by atoms with Crippen LogP contribution in [0.4, 0.5) is 11.4 Å². The highest BCUT2D eigenvalue weighted by Crippen LogP contribution is 2.41. The normalized spacial score (nSPS) is 14.5. The van der Waals surface area contributed by atoms with E-state index in [-0.39, 0.29) is 18.9 Å². The molecule has 1 aliphatic heterocycles. The average Bonchev–Trinajstić information content (AvgIpc) is 3.06. The minimum Gasteiger partial charge on any atom is -0.494 e. The summed E-state index contributed by atoms with van der Waals surface area (Å²) < 4.78 is 30.6. The first-order valence-electron chi connectivity index (χ1n) is 8.92. The number of pyridine rings is 1. The summed E-state index contributed by atoms with van der Waals surface area (Å²) in [7, 11) is -1.96. The molecule has 0 unspecified atom stereocenters. The molecule has 2 aromatic heterocycles. The van der Waals surface area contributed by atoms with Gasteiger partial charge in [0.15, 0.2) is 5.78 Å². The second kappa shape index (κ2) is 7.34. The number of para-hydroxylation sites is 1. The van der Waals surface area contributed by atoms with E-state index < -0.39 is 10.0 Å². The molecule has 1 aromatic carbocycles. The number of H-pyrrole nitrogens is 1. The molecule has 0 bridgehead atoms. The van der Waals surface area contributed by atoms with E-state index in [9.17, 15) is 13.2 Å². The Labute approximate surface area is 168 Å². The summed E-state index contributed by atoms with van der Waals surface area (Å²) in [5, 5.41) is 3.32. The van der Waals surface area contributed by atoms with Crippen molar-refractivity contribution >= 4 is 27.2 Å². The molecule has 9 heteroatoms. The summed E-state index contributed by atoms with van der Waals surface area (Å²) in [4.78, 5) is 20.3. The maximum Gasteiger partial charge on any atom is 0.211 e. The van der Waals surface area contributed by atoms with Gasteiger partial charge in [0, 0.05) is 23.1 Å². The first kappa shape index (κ1) is 19.2. The number of carbonyl (C=O) groups excluding carboxylic acids is 1. The topological polar surface area (TPSA) is 104 Å². The van der Waals surface area contributed by atoms with Gasteiger partial charge in [0.05, 0.1) is 49.6 Å². The highest BCUT2D eigenvalue weighted by atomic mass is 32.2. The van der Waals surface area contributed by atoms with E-state index in [1.54, 1.807) is 25.6 Å². The van der Waals surface area contributed by atoms with Crippen molar-refractivity contribution in [3.63, 3.8) is 0 Å². The van der Waals surface area contributed by atoms with E-state index in [1.807, 2.05) is 30.3 Å². The number of sulfonamides is 1. The van der Waals surface area contributed by atoms with Gasteiger partial charge in [-0.05, 0) is 18.2 Å². The minimum atomic E-state index is -3.50. The summed E-state index contributed by atoms with van der Waals surface area (Å²) >= 11 is 0. The number of rotatable bonds is 5. The van der Waals surface area contributed by atoms with Gasteiger partial charge in [-0.2, -0.15) is 4.31 Å². The highest BCUT2D eigenvalue weighted by Gasteiger charge is 2.34. The summed E-state index contributed by atoms with van der Waals surface area (Å²) in [6.45, 7) is -0.100. The Balaban J connectivity index is 1.90. The number of hydrogen-bond donors (Lipinski definition) is 2. The molecule has 3 aromatic rings. The fraction of sp³-hybridized carbons (Fsp3) is 0.200. The molecule has 3 heterocycles. The second-order valence-corrected chi connectivity index (χ2v) is 8.73. The Bertz CT molecular complexity index is 1170. The Kier molecular flexibility index (Phi) is 4.85. The van der Waals surface area contributed by atoms with Crippen molar-refractivity contribution in [3.05, 3.63) is 60.0 Å². The molecule has 8 nitrogen and oxygen atoms in total. The van der Waals surface area contributed by atoms with Gasteiger partial charge in [-0.3, -0.25) is 9.78 Å². The zero-order chi connectivity index (χ0) is 20.6. The predicted octanol–water partition coefficient (Wildman–Crippen LogP) is 2.79. The molecule has 0 spiro atoms. The lowest BCUT2D eigenvalue weighted by Crippen LogP contribution is -2.38. The van der Waals surface area contributed by atoms with Crippen molar-refractivity contribution in [1.29, 1.82) is 0 Å². The van der Waals surface area contributed by atoms with Crippen molar-refractivity contribution < 1.29 is 17.9 Å². The van der Waals surface area contributed by atoms with Gasteiger partial charge in [0.2, 0.25) is 10.0 Å². The number of nitrogens with zero attached hydrogens (tertiary/aromatic N) is 2. The monoisotopic (exact) mass is 412 g/mol. The van der Waals surface area contributed by atoms with Crippen LogP contribution in [0.2, 0.25) is 0 Å². The van der Waals surface area contributed by atoms with Crippen LogP contribution in [0.3, 0.4) is 0 Å². The Morgan fingerprint density at radius 1 is 1.17 bits per heavy atom. The third-order valence-electron chi connectivity index (χ3n) is 4.80. The van der Waals surface area contributed by atoms with Crippen LogP contribution in [-0.4, -0.2) is 48.4 Å². The van der Waals surface area contributed by atoms with E-state index >= 15 is 0 Å². The lowest BCUT2D eigenvalue weighted by Gasteiger charge is -2.24. The predicted molar refractivity (Wildman–Crippen MR) is 110 cm³/mol. The molecule has 0 saturated heterocycles. The van der Waals surface area contributed by atoms with E-state index in [0.29, 0.717) is 34.0 Å². The molecule has 0 radical (unpaired) electrons. The molecule has 0 saturated carbocycles. The molecular formula is C20H20N4O4S. The van der Waals surface area contributed by atoms with Crippen LogP contribution in [0.15, 0.2) is 48.8 Å². The van der Waals surface area contributed by atoms with E-state index in [0.717, 1.165) is 16.2 Å². The van der Waals surface area contributed by atoms with Gasteiger partial charge in [-0.25, -0.2) is 8.42 Å². The van der Waals surface area contributed by atoms with Gasteiger partial charge < -0.3 is 15.0 Å². The maximum atomic E-state index is 12.9.